The second-order valence-corrected chi connectivity index (χ2v) is 3.73. The standard InChI is InChI=1S/C10H11N5/c11-8-2-1-5-12-9(8)10-14-13-6-15(10)7-3-4-7/h1-2,5-7H,3-4,11H2. The van der Waals surface area contributed by atoms with Gasteiger partial charge in [-0.3, -0.25) is 4.98 Å². The van der Waals surface area contributed by atoms with Crippen LogP contribution in [0.15, 0.2) is 24.7 Å². The average Bonchev–Trinajstić information content (AvgIpc) is 2.98. The Hall–Kier alpha value is -1.91. The van der Waals surface area contributed by atoms with Gasteiger partial charge in [-0.15, -0.1) is 10.2 Å². The summed E-state index contributed by atoms with van der Waals surface area (Å²) in [6.45, 7) is 0. The predicted octanol–water partition coefficient (Wildman–Crippen LogP) is 1.26. The van der Waals surface area contributed by atoms with Gasteiger partial charge in [0.15, 0.2) is 5.82 Å². The van der Waals surface area contributed by atoms with Crippen LogP contribution < -0.4 is 5.73 Å². The Morgan fingerprint density at radius 1 is 1.40 bits per heavy atom. The van der Waals surface area contributed by atoms with E-state index in [1.807, 2.05) is 12.1 Å². The summed E-state index contributed by atoms with van der Waals surface area (Å²) in [5.41, 5.74) is 7.23. The van der Waals surface area contributed by atoms with Crippen molar-refractivity contribution in [1.29, 1.82) is 0 Å². The third-order valence-corrected chi connectivity index (χ3v) is 2.56. The van der Waals surface area contributed by atoms with Crippen molar-refractivity contribution in [2.45, 2.75) is 18.9 Å². The van der Waals surface area contributed by atoms with E-state index in [1.54, 1.807) is 12.5 Å². The second-order valence-electron chi connectivity index (χ2n) is 3.73. The van der Waals surface area contributed by atoms with Crippen LogP contribution >= 0.6 is 0 Å². The van der Waals surface area contributed by atoms with Gasteiger partial charge in [0.05, 0.1) is 5.69 Å². The van der Waals surface area contributed by atoms with E-state index < -0.39 is 0 Å². The summed E-state index contributed by atoms with van der Waals surface area (Å²) >= 11 is 0. The Balaban J connectivity index is 2.12. The summed E-state index contributed by atoms with van der Waals surface area (Å²) in [6.07, 6.45) is 5.86. The van der Waals surface area contributed by atoms with Crippen LogP contribution in [-0.2, 0) is 0 Å². The van der Waals surface area contributed by atoms with Crippen molar-refractivity contribution >= 4 is 5.69 Å². The fraction of sp³-hybridized carbons (Fsp3) is 0.300. The number of hydrogen-bond donors (Lipinski definition) is 1. The maximum atomic E-state index is 5.86. The van der Waals surface area contributed by atoms with Gasteiger partial charge in [-0.25, -0.2) is 0 Å². The fourth-order valence-corrected chi connectivity index (χ4v) is 1.64. The molecule has 2 N–H and O–H groups in total. The maximum absolute atomic E-state index is 5.86. The van der Waals surface area contributed by atoms with E-state index in [9.17, 15) is 0 Å². The van der Waals surface area contributed by atoms with Crippen LogP contribution in [-0.4, -0.2) is 19.7 Å². The van der Waals surface area contributed by atoms with E-state index in [0.717, 1.165) is 11.5 Å². The highest BCUT2D eigenvalue weighted by molar-refractivity contribution is 5.66. The molecule has 1 saturated carbocycles. The summed E-state index contributed by atoms with van der Waals surface area (Å²) in [5.74, 6) is 0.774. The number of rotatable bonds is 2. The third kappa shape index (κ3) is 1.36. The Morgan fingerprint density at radius 3 is 3.00 bits per heavy atom. The molecule has 2 aromatic heterocycles. The van der Waals surface area contributed by atoms with Crippen LogP contribution in [0.4, 0.5) is 5.69 Å². The van der Waals surface area contributed by atoms with Gasteiger partial charge in [-0.05, 0) is 25.0 Å². The van der Waals surface area contributed by atoms with Crippen molar-refractivity contribution in [1.82, 2.24) is 19.7 Å². The molecule has 1 fully saturated rings. The highest BCUT2D eigenvalue weighted by Gasteiger charge is 2.27. The summed E-state index contributed by atoms with van der Waals surface area (Å²) in [4.78, 5) is 4.24. The van der Waals surface area contributed by atoms with Gasteiger partial charge in [0.25, 0.3) is 0 Å². The fourth-order valence-electron chi connectivity index (χ4n) is 1.64. The SMILES string of the molecule is Nc1cccnc1-c1nncn1C1CC1. The third-order valence-electron chi connectivity index (χ3n) is 2.56. The lowest BCUT2D eigenvalue weighted by atomic mass is 10.3. The first-order chi connectivity index (χ1) is 7.36. The molecule has 76 valence electrons. The minimum absolute atomic E-state index is 0.538. The molecular formula is C10H11N5. The highest BCUT2D eigenvalue weighted by Crippen LogP contribution is 2.37. The molecule has 3 rings (SSSR count). The molecule has 0 amide bonds. The lowest BCUT2D eigenvalue weighted by molar-refractivity contribution is 0.744. The van der Waals surface area contributed by atoms with E-state index in [0.29, 0.717) is 11.7 Å². The van der Waals surface area contributed by atoms with E-state index in [4.69, 9.17) is 5.73 Å². The summed E-state index contributed by atoms with van der Waals surface area (Å²) < 4.78 is 2.05. The number of nitrogens with zero attached hydrogens (tertiary/aromatic N) is 4. The molecule has 0 aromatic carbocycles. The molecule has 5 heteroatoms. The molecule has 15 heavy (non-hydrogen) atoms. The van der Waals surface area contributed by atoms with Crippen LogP contribution in [0.3, 0.4) is 0 Å². The molecule has 1 aliphatic rings. The monoisotopic (exact) mass is 201 g/mol. The summed E-state index contributed by atoms with van der Waals surface area (Å²) in [5, 5.41) is 8.00. The second kappa shape index (κ2) is 3.05. The quantitative estimate of drug-likeness (QED) is 0.794. The number of nitrogens with two attached hydrogens (primary N) is 1. The molecule has 0 bridgehead atoms. The van der Waals surface area contributed by atoms with E-state index in [1.165, 1.54) is 12.8 Å². The van der Waals surface area contributed by atoms with Gasteiger partial charge >= 0.3 is 0 Å². The Bertz CT molecular complexity index is 486. The van der Waals surface area contributed by atoms with E-state index in [-0.39, 0.29) is 0 Å². The van der Waals surface area contributed by atoms with Crippen molar-refractivity contribution in [3.05, 3.63) is 24.7 Å². The van der Waals surface area contributed by atoms with Crippen molar-refractivity contribution in [2.75, 3.05) is 5.73 Å². The molecule has 1 aliphatic carbocycles. The highest BCUT2D eigenvalue weighted by atomic mass is 15.3. The normalized spacial score (nSPS) is 15.5. The van der Waals surface area contributed by atoms with Crippen LogP contribution in [0.25, 0.3) is 11.5 Å². The van der Waals surface area contributed by atoms with Crippen molar-refractivity contribution in [2.24, 2.45) is 0 Å². The lowest BCUT2D eigenvalue weighted by Gasteiger charge is -2.05. The zero-order valence-corrected chi connectivity index (χ0v) is 8.17. The molecule has 5 nitrogen and oxygen atoms in total. The number of pyridine rings is 1. The van der Waals surface area contributed by atoms with Crippen LogP contribution in [0.1, 0.15) is 18.9 Å². The average molecular weight is 201 g/mol. The van der Waals surface area contributed by atoms with Crippen LogP contribution in [0.5, 0.6) is 0 Å². The molecule has 2 heterocycles. The minimum atomic E-state index is 0.538. The Kier molecular flexibility index (Phi) is 1.71. The van der Waals surface area contributed by atoms with Crippen molar-refractivity contribution in [3.8, 4) is 11.5 Å². The zero-order chi connectivity index (χ0) is 10.3. The van der Waals surface area contributed by atoms with Gasteiger partial charge in [-0.1, -0.05) is 0 Å². The minimum Gasteiger partial charge on any atom is -0.397 e. The molecule has 0 spiro atoms. The van der Waals surface area contributed by atoms with Gasteiger partial charge in [-0.2, -0.15) is 0 Å². The maximum Gasteiger partial charge on any atom is 0.184 e. The van der Waals surface area contributed by atoms with E-state index in [2.05, 4.69) is 19.7 Å². The Morgan fingerprint density at radius 2 is 2.27 bits per heavy atom. The zero-order valence-electron chi connectivity index (χ0n) is 8.17. The molecule has 0 aliphatic heterocycles. The first kappa shape index (κ1) is 8.40. The van der Waals surface area contributed by atoms with Gasteiger partial charge < -0.3 is 10.3 Å². The predicted molar refractivity (Wildman–Crippen MR) is 55.9 cm³/mol. The van der Waals surface area contributed by atoms with E-state index >= 15 is 0 Å². The van der Waals surface area contributed by atoms with Gasteiger partial charge in [0, 0.05) is 12.2 Å². The molecule has 0 radical (unpaired) electrons. The smallest absolute Gasteiger partial charge is 0.184 e. The van der Waals surface area contributed by atoms with Crippen LogP contribution in [0.2, 0.25) is 0 Å². The first-order valence-electron chi connectivity index (χ1n) is 4.96. The molecule has 2 aromatic rings. The van der Waals surface area contributed by atoms with Crippen molar-refractivity contribution in [3.63, 3.8) is 0 Å². The molecular weight excluding hydrogens is 190 g/mol. The lowest BCUT2D eigenvalue weighted by Crippen LogP contribution is -2.00. The first-order valence-corrected chi connectivity index (χ1v) is 4.96. The topological polar surface area (TPSA) is 69.6 Å². The molecule has 0 saturated heterocycles. The number of anilines is 1. The van der Waals surface area contributed by atoms with Crippen LogP contribution in [0, 0.1) is 0 Å². The number of hydrogen-bond acceptors (Lipinski definition) is 4. The molecule has 0 unspecified atom stereocenters. The largest absolute Gasteiger partial charge is 0.397 e. The molecule has 0 atom stereocenters. The number of aromatic nitrogens is 4. The summed E-state index contributed by atoms with van der Waals surface area (Å²) in [7, 11) is 0. The summed E-state index contributed by atoms with van der Waals surface area (Å²) in [6, 6.07) is 4.18. The number of nitrogen functional groups attached to an aromatic ring is 1. The van der Waals surface area contributed by atoms with Gasteiger partial charge in [0.1, 0.15) is 12.0 Å². The Labute approximate surface area is 87.0 Å². The van der Waals surface area contributed by atoms with Gasteiger partial charge in [0.2, 0.25) is 0 Å². The van der Waals surface area contributed by atoms with Crippen molar-refractivity contribution < 1.29 is 0 Å².